The summed E-state index contributed by atoms with van der Waals surface area (Å²) in [5, 5.41) is 0. The van der Waals surface area contributed by atoms with E-state index in [4.69, 9.17) is 9.47 Å². The maximum absolute atomic E-state index is 11.7. The Morgan fingerprint density at radius 3 is 1.95 bits per heavy atom. The van der Waals surface area contributed by atoms with Crippen LogP contribution in [0.5, 0.6) is 11.5 Å². The van der Waals surface area contributed by atoms with Gasteiger partial charge in [-0.05, 0) is 41.8 Å². The van der Waals surface area contributed by atoms with Crippen molar-refractivity contribution in [1.82, 2.24) is 0 Å². The summed E-state index contributed by atoms with van der Waals surface area (Å²) < 4.78 is 10.4. The van der Waals surface area contributed by atoms with Crippen LogP contribution >= 0.6 is 0 Å². The van der Waals surface area contributed by atoms with Gasteiger partial charge in [0.25, 0.3) is 0 Å². The van der Waals surface area contributed by atoms with E-state index in [9.17, 15) is 4.79 Å². The van der Waals surface area contributed by atoms with Crippen molar-refractivity contribution in [3.63, 3.8) is 0 Å². The minimum atomic E-state index is -0.388. The first kappa shape index (κ1) is 15.6. The number of ether oxygens (including phenoxy) is 2. The Bertz CT molecular complexity index is 667. The van der Waals surface area contributed by atoms with Gasteiger partial charge in [-0.3, -0.25) is 0 Å². The molecule has 0 unspecified atom stereocenters. The molecular formula is C19H18O3. The van der Waals surface area contributed by atoms with Gasteiger partial charge in [0.2, 0.25) is 0 Å². The van der Waals surface area contributed by atoms with Crippen LogP contribution in [-0.4, -0.2) is 5.97 Å². The van der Waals surface area contributed by atoms with Gasteiger partial charge in [0.15, 0.2) is 0 Å². The molecule has 0 saturated heterocycles. The van der Waals surface area contributed by atoms with Crippen LogP contribution < -0.4 is 9.47 Å². The van der Waals surface area contributed by atoms with Gasteiger partial charge in [-0.1, -0.05) is 44.3 Å². The van der Waals surface area contributed by atoms with Crippen molar-refractivity contribution in [3.8, 4) is 22.6 Å². The molecule has 2 rings (SSSR count). The standard InChI is InChI=1S/C19H18O3/c1-4-14(3)19(20)22-18-12-8-16(9-13-18)15-6-10-17(11-7-15)21-5-2/h5-13H,2-4H2,1H3. The van der Waals surface area contributed by atoms with Gasteiger partial charge >= 0.3 is 5.97 Å². The molecule has 0 aliphatic rings. The number of esters is 1. The van der Waals surface area contributed by atoms with Crippen molar-refractivity contribution in [2.45, 2.75) is 13.3 Å². The third-order valence-corrected chi connectivity index (χ3v) is 3.19. The molecule has 0 amide bonds. The van der Waals surface area contributed by atoms with Crippen LogP contribution in [0.25, 0.3) is 11.1 Å². The summed E-state index contributed by atoms with van der Waals surface area (Å²) in [6.07, 6.45) is 1.97. The number of carbonyl (C=O) groups excluding carboxylic acids is 1. The highest BCUT2D eigenvalue weighted by atomic mass is 16.5. The predicted octanol–water partition coefficient (Wildman–Crippen LogP) is 4.75. The van der Waals surface area contributed by atoms with Gasteiger partial charge < -0.3 is 9.47 Å². The summed E-state index contributed by atoms with van der Waals surface area (Å²) in [6.45, 7) is 9.05. The second kappa shape index (κ2) is 7.27. The summed E-state index contributed by atoms with van der Waals surface area (Å²) in [6, 6.07) is 15.0. The fraction of sp³-hybridized carbons (Fsp3) is 0.105. The van der Waals surface area contributed by atoms with Crippen molar-refractivity contribution < 1.29 is 14.3 Å². The molecule has 2 aromatic carbocycles. The molecule has 22 heavy (non-hydrogen) atoms. The number of benzene rings is 2. The van der Waals surface area contributed by atoms with Crippen LogP contribution in [0.15, 0.2) is 73.5 Å². The van der Waals surface area contributed by atoms with Crippen molar-refractivity contribution in [1.29, 1.82) is 0 Å². The summed E-state index contributed by atoms with van der Waals surface area (Å²) in [5.41, 5.74) is 2.54. The first-order valence-electron chi connectivity index (χ1n) is 7.02. The van der Waals surface area contributed by atoms with Crippen molar-refractivity contribution >= 4 is 5.97 Å². The van der Waals surface area contributed by atoms with Gasteiger partial charge in [0.05, 0.1) is 6.26 Å². The molecule has 0 atom stereocenters. The Balaban J connectivity index is 2.09. The average Bonchev–Trinajstić information content (AvgIpc) is 2.56. The van der Waals surface area contributed by atoms with Gasteiger partial charge in [0, 0.05) is 5.57 Å². The maximum atomic E-state index is 11.7. The van der Waals surface area contributed by atoms with Crippen LogP contribution in [0.1, 0.15) is 13.3 Å². The average molecular weight is 294 g/mol. The summed E-state index contributed by atoms with van der Waals surface area (Å²) in [4.78, 5) is 11.7. The van der Waals surface area contributed by atoms with Crippen LogP contribution in [0.4, 0.5) is 0 Å². The summed E-state index contributed by atoms with van der Waals surface area (Å²) in [5.74, 6) is 0.860. The third kappa shape index (κ3) is 3.85. The van der Waals surface area contributed by atoms with Crippen molar-refractivity contribution in [2.24, 2.45) is 0 Å². The van der Waals surface area contributed by atoms with Crippen LogP contribution in [0, 0.1) is 0 Å². The molecule has 0 aromatic heterocycles. The van der Waals surface area contributed by atoms with Gasteiger partial charge in [-0.2, -0.15) is 0 Å². The van der Waals surface area contributed by atoms with Gasteiger partial charge in [-0.15, -0.1) is 0 Å². The lowest BCUT2D eigenvalue weighted by atomic mass is 10.1. The Morgan fingerprint density at radius 2 is 1.50 bits per heavy atom. The smallest absolute Gasteiger partial charge is 0.338 e. The highest BCUT2D eigenvalue weighted by Crippen LogP contribution is 2.25. The van der Waals surface area contributed by atoms with Gasteiger partial charge in [0.1, 0.15) is 11.5 Å². The van der Waals surface area contributed by atoms with Crippen LogP contribution in [0.3, 0.4) is 0 Å². The van der Waals surface area contributed by atoms with E-state index in [1.165, 1.54) is 6.26 Å². The highest BCUT2D eigenvalue weighted by molar-refractivity contribution is 5.89. The van der Waals surface area contributed by atoms with E-state index < -0.39 is 0 Å². The Labute approximate surface area is 130 Å². The summed E-state index contributed by atoms with van der Waals surface area (Å²) >= 11 is 0. The van der Waals surface area contributed by atoms with E-state index in [1.54, 1.807) is 12.1 Å². The molecule has 0 N–H and O–H groups in total. The van der Waals surface area contributed by atoms with E-state index in [0.29, 0.717) is 17.7 Å². The molecule has 3 nitrogen and oxygen atoms in total. The quantitative estimate of drug-likeness (QED) is 0.334. The molecule has 0 saturated carbocycles. The van der Waals surface area contributed by atoms with E-state index in [1.807, 2.05) is 43.3 Å². The topological polar surface area (TPSA) is 35.5 Å². The minimum absolute atomic E-state index is 0.388. The number of hydrogen-bond acceptors (Lipinski definition) is 3. The molecule has 112 valence electrons. The lowest BCUT2D eigenvalue weighted by Gasteiger charge is -2.07. The van der Waals surface area contributed by atoms with E-state index in [2.05, 4.69) is 13.2 Å². The Morgan fingerprint density at radius 1 is 1.00 bits per heavy atom. The number of carbonyl (C=O) groups is 1. The number of hydrogen-bond donors (Lipinski definition) is 0. The predicted molar refractivity (Wildman–Crippen MR) is 87.8 cm³/mol. The lowest BCUT2D eigenvalue weighted by Crippen LogP contribution is -2.09. The zero-order valence-electron chi connectivity index (χ0n) is 12.5. The molecule has 0 heterocycles. The zero-order valence-corrected chi connectivity index (χ0v) is 12.5. The van der Waals surface area contributed by atoms with E-state index >= 15 is 0 Å². The molecule has 0 aliphatic carbocycles. The Hall–Kier alpha value is -2.81. The largest absolute Gasteiger partial charge is 0.466 e. The summed E-state index contributed by atoms with van der Waals surface area (Å²) in [7, 11) is 0. The second-order valence-electron chi connectivity index (χ2n) is 4.68. The highest BCUT2D eigenvalue weighted by Gasteiger charge is 2.08. The lowest BCUT2D eigenvalue weighted by molar-refractivity contribution is -0.130. The fourth-order valence-electron chi connectivity index (χ4n) is 1.86. The molecule has 3 heteroatoms. The second-order valence-corrected chi connectivity index (χ2v) is 4.68. The molecule has 0 aliphatic heterocycles. The maximum Gasteiger partial charge on any atom is 0.338 e. The Kier molecular flexibility index (Phi) is 5.15. The SMILES string of the molecule is C=COc1ccc(-c2ccc(OC(=O)C(=C)CC)cc2)cc1. The normalized spacial score (nSPS) is 9.86. The molecule has 0 spiro atoms. The fourth-order valence-corrected chi connectivity index (χ4v) is 1.86. The first-order chi connectivity index (χ1) is 10.6. The minimum Gasteiger partial charge on any atom is -0.466 e. The van der Waals surface area contributed by atoms with Gasteiger partial charge in [-0.25, -0.2) is 4.79 Å². The monoisotopic (exact) mass is 294 g/mol. The molecular weight excluding hydrogens is 276 g/mol. The van der Waals surface area contributed by atoms with E-state index in [-0.39, 0.29) is 5.97 Å². The zero-order chi connectivity index (χ0) is 15.9. The molecule has 2 aromatic rings. The molecule has 0 bridgehead atoms. The van der Waals surface area contributed by atoms with E-state index in [0.717, 1.165) is 16.9 Å². The molecule has 0 radical (unpaired) electrons. The number of rotatable bonds is 6. The van der Waals surface area contributed by atoms with Crippen molar-refractivity contribution in [2.75, 3.05) is 0 Å². The van der Waals surface area contributed by atoms with Crippen molar-refractivity contribution in [3.05, 3.63) is 73.5 Å². The van der Waals surface area contributed by atoms with Crippen LogP contribution in [-0.2, 0) is 4.79 Å². The third-order valence-electron chi connectivity index (χ3n) is 3.19. The first-order valence-corrected chi connectivity index (χ1v) is 7.02. The van der Waals surface area contributed by atoms with Crippen LogP contribution in [0.2, 0.25) is 0 Å². The molecule has 0 fully saturated rings.